The van der Waals surface area contributed by atoms with Crippen molar-refractivity contribution in [1.82, 2.24) is 0 Å². The molecule has 7 aromatic carbocycles. The average molecular weight is 947 g/mol. The molecule has 0 heterocycles. The van der Waals surface area contributed by atoms with E-state index >= 15 is 0 Å². The van der Waals surface area contributed by atoms with Gasteiger partial charge in [0, 0.05) is 45.5 Å². The fourth-order valence-electron chi connectivity index (χ4n) is 8.91. The van der Waals surface area contributed by atoms with Gasteiger partial charge in [0.15, 0.2) is 0 Å². The van der Waals surface area contributed by atoms with Crippen molar-refractivity contribution in [1.29, 1.82) is 0 Å². The molecule has 7 aromatic rings. The molecular weight excluding hydrogens is 873 g/mol. The molecule has 366 valence electrons. The van der Waals surface area contributed by atoms with Crippen molar-refractivity contribution in [3.63, 3.8) is 0 Å². The summed E-state index contributed by atoms with van der Waals surface area (Å²) in [6.07, 6.45) is 25.5. The van der Waals surface area contributed by atoms with Crippen LogP contribution in [0.4, 0.5) is 0 Å². The Balaban J connectivity index is 1.08. The lowest BCUT2D eigenvalue weighted by atomic mass is 10.1. The van der Waals surface area contributed by atoms with Gasteiger partial charge < -0.3 is 9.47 Å². The molecular formula is C70H74O2. The molecule has 7 rings (SSSR count). The van der Waals surface area contributed by atoms with Crippen molar-refractivity contribution in [3.05, 3.63) is 190 Å². The molecule has 0 N–H and O–H groups in total. The first-order valence-electron chi connectivity index (χ1n) is 27.3. The minimum Gasteiger partial charge on any atom is -0.492 e. The highest BCUT2D eigenvalue weighted by atomic mass is 16.5. The summed E-state index contributed by atoms with van der Waals surface area (Å²) in [5, 5.41) is 4.82. The molecule has 0 saturated carbocycles. The lowest BCUT2D eigenvalue weighted by molar-refractivity contribution is 0.295. The molecule has 0 amide bonds. The zero-order valence-corrected chi connectivity index (χ0v) is 43.2. The van der Waals surface area contributed by atoms with Crippen molar-refractivity contribution in [2.24, 2.45) is 0 Å². The van der Waals surface area contributed by atoms with Gasteiger partial charge in [0.1, 0.15) is 11.5 Å². The van der Waals surface area contributed by atoms with E-state index in [1.165, 1.54) is 124 Å². The Labute approximate surface area is 433 Å². The number of benzene rings is 7. The summed E-state index contributed by atoms with van der Waals surface area (Å²) in [5.74, 6) is 28.7. The number of ether oxygens (including phenoxy) is 2. The van der Waals surface area contributed by atoms with E-state index in [0.29, 0.717) is 13.2 Å². The second-order valence-corrected chi connectivity index (χ2v) is 19.2. The summed E-state index contributed by atoms with van der Waals surface area (Å²) in [6.45, 7) is 5.82. The van der Waals surface area contributed by atoms with Crippen LogP contribution in [0.1, 0.15) is 187 Å². The number of hydrogen-bond donors (Lipinski definition) is 0. The fourth-order valence-corrected chi connectivity index (χ4v) is 8.91. The van der Waals surface area contributed by atoms with Crippen LogP contribution in [-0.4, -0.2) is 13.2 Å². The Bertz CT molecular complexity index is 2810. The van der Waals surface area contributed by atoms with Gasteiger partial charge in [-0.25, -0.2) is 0 Å². The summed E-state index contributed by atoms with van der Waals surface area (Å²) in [5.41, 5.74) is 7.33. The zero-order valence-electron chi connectivity index (χ0n) is 43.2. The molecule has 0 bridgehead atoms. The minimum absolute atomic E-state index is 0.628. The largest absolute Gasteiger partial charge is 0.492 e. The Morgan fingerprint density at radius 1 is 0.264 bits per heavy atom. The summed E-state index contributed by atoms with van der Waals surface area (Å²) < 4.78 is 13.2. The van der Waals surface area contributed by atoms with Gasteiger partial charge in [-0.2, -0.15) is 0 Å². The Morgan fingerprint density at radius 3 is 0.889 bits per heavy atom. The molecule has 0 aliphatic carbocycles. The lowest BCUT2D eigenvalue weighted by Crippen LogP contribution is -2.03. The summed E-state index contributed by atoms with van der Waals surface area (Å²) in [4.78, 5) is 0. The van der Waals surface area contributed by atoms with Gasteiger partial charge in [-0.1, -0.05) is 237 Å². The smallest absolute Gasteiger partial charge is 0.136 e. The number of unbranched alkanes of at least 4 members (excludes halogenated alkanes) is 18. The Hall–Kier alpha value is -7.10. The van der Waals surface area contributed by atoms with Crippen LogP contribution in [0.25, 0.3) is 21.5 Å². The second kappa shape index (κ2) is 30.6. The van der Waals surface area contributed by atoms with Crippen LogP contribution >= 0.6 is 0 Å². The van der Waals surface area contributed by atoms with Crippen LogP contribution in [0, 0.1) is 47.4 Å². The van der Waals surface area contributed by atoms with Crippen molar-refractivity contribution in [2.45, 2.75) is 142 Å². The van der Waals surface area contributed by atoms with E-state index in [1.807, 2.05) is 48.5 Å². The van der Waals surface area contributed by atoms with Crippen LogP contribution in [0.5, 0.6) is 11.5 Å². The predicted octanol–water partition coefficient (Wildman–Crippen LogP) is 18.2. The lowest BCUT2D eigenvalue weighted by Gasteiger charge is -2.14. The van der Waals surface area contributed by atoms with E-state index < -0.39 is 0 Å². The quantitative estimate of drug-likeness (QED) is 0.0444. The highest BCUT2D eigenvalue weighted by molar-refractivity contribution is 5.84. The first-order chi connectivity index (χ1) is 35.6. The predicted molar refractivity (Wildman–Crippen MR) is 306 cm³/mol. The maximum atomic E-state index is 6.62. The third kappa shape index (κ3) is 18.3. The average Bonchev–Trinajstić information content (AvgIpc) is 3.42. The normalized spacial score (nSPS) is 10.6. The monoisotopic (exact) mass is 947 g/mol. The first-order valence-corrected chi connectivity index (χ1v) is 27.3. The van der Waals surface area contributed by atoms with Gasteiger partial charge in [-0.15, -0.1) is 0 Å². The van der Waals surface area contributed by atoms with E-state index in [2.05, 4.69) is 158 Å². The molecule has 2 heteroatoms. The Kier molecular flexibility index (Phi) is 22.4. The third-order valence-corrected chi connectivity index (χ3v) is 13.2. The van der Waals surface area contributed by atoms with Crippen LogP contribution in [-0.2, 0) is 0 Å². The molecule has 0 aliphatic heterocycles. The fraction of sp³-hybridized carbons (Fsp3) is 0.343. The number of fused-ring (bicyclic) bond motifs is 2. The number of hydrogen-bond acceptors (Lipinski definition) is 2. The second-order valence-electron chi connectivity index (χ2n) is 19.2. The van der Waals surface area contributed by atoms with Crippen molar-refractivity contribution in [3.8, 4) is 58.9 Å². The highest BCUT2D eigenvalue weighted by Crippen LogP contribution is 2.30. The van der Waals surface area contributed by atoms with E-state index in [-0.39, 0.29) is 0 Å². The molecule has 72 heavy (non-hydrogen) atoms. The molecule has 2 nitrogen and oxygen atoms in total. The molecule has 0 aromatic heterocycles. The molecule has 0 unspecified atom stereocenters. The highest BCUT2D eigenvalue weighted by Gasteiger charge is 2.12. The Morgan fingerprint density at radius 2 is 0.542 bits per heavy atom. The molecule has 0 saturated heterocycles. The summed E-state index contributed by atoms with van der Waals surface area (Å²) in [6, 6.07) is 50.0. The van der Waals surface area contributed by atoms with Crippen LogP contribution in [0.2, 0.25) is 0 Å². The van der Waals surface area contributed by atoms with Crippen LogP contribution in [0.3, 0.4) is 0 Å². The maximum Gasteiger partial charge on any atom is 0.136 e. The van der Waals surface area contributed by atoms with Gasteiger partial charge in [0.05, 0.1) is 24.3 Å². The topological polar surface area (TPSA) is 18.5 Å². The molecule has 0 atom stereocenters. The third-order valence-electron chi connectivity index (χ3n) is 13.2. The summed E-state index contributed by atoms with van der Waals surface area (Å²) in [7, 11) is 0. The van der Waals surface area contributed by atoms with Crippen LogP contribution < -0.4 is 9.47 Å². The molecule has 0 spiro atoms. The van der Waals surface area contributed by atoms with E-state index in [4.69, 9.17) is 9.47 Å². The van der Waals surface area contributed by atoms with Crippen molar-refractivity contribution in [2.75, 3.05) is 13.2 Å². The molecule has 0 aliphatic rings. The standard InChI is InChI=1S/C70H74O2/c1-3-5-7-9-11-13-15-17-19-25-51-71-69-55-68(50-44-60-37-33-58(34-38-60)40-42-62-46-48-64-28-22-24-30-66(64)54-62)70(72-52-26-20-18-16-14-12-10-8-6-4-2)56-67(69)49-43-59-35-31-57(32-36-59)39-41-61-45-47-63-27-21-23-29-65(63)53-61/h21-24,27-38,45-48,53-56H,3-20,25-26,51-52H2,1-2H3. The van der Waals surface area contributed by atoms with Gasteiger partial charge >= 0.3 is 0 Å². The van der Waals surface area contributed by atoms with E-state index in [9.17, 15) is 0 Å². The zero-order chi connectivity index (χ0) is 49.7. The minimum atomic E-state index is 0.628. The first kappa shape index (κ1) is 52.7. The summed E-state index contributed by atoms with van der Waals surface area (Å²) >= 11 is 0. The van der Waals surface area contributed by atoms with Gasteiger partial charge in [0.2, 0.25) is 0 Å². The van der Waals surface area contributed by atoms with Crippen molar-refractivity contribution < 1.29 is 9.47 Å². The maximum absolute atomic E-state index is 6.62. The van der Waals surface area contributed by atoms with Gasteiger partial charge in [-0.3, -0.25) is 0 Å². The molecule has 0 radical (unpaired) electrons. The van der Waals surface area contributed by atoms with Gasteiger partial charge in [0.25, 0.3) is 0 Å². The van der Waals surface area contributed by atoms with Gasteiger partial charge in [-0.05, 0) is 107 Å². The van der Waals surface area contributed by atoms with E-state index in [1.54, 1.807) is 0 Å². The SMILES string of the molecule is CCCCCCCCCCCCOc1cc(C#Cc2ccc(C#Cc3ccc4ccccc4c3)cc2)c(OCCCCCCCCCCCC)cc1C#Cc1ccc(C#Cc2ccc3ccccc3c2)cc1. The molecule has 0 fully saturated rings. The van der Waals surface area contributed by atoms with E-state index in [0.717, 1.165) is 81.7 Å². The number of rotatable bonds is 24. The van der Waals surface area contributed by atoms with Crippen LogP contribution in [0.15, 0.2) is 146 Å². The van der Waals surface area contributed by atoms with Crippen molar-refractivity contribution >= 4 is 21.5 Å².